The molecule has 3 heterocycles. The minimum atomic E-state index is -2.96. The van der Waals surface area contributed by atoms with Gasteiger partial charge in [-0.2, -0.15) is 4.79 Å². The van der Waals surface area contributed by atoms with Crippen molar-refractivity contribution in [2.45, 2.75) is 88.4 Å². The van der Waals surface area contributed by atoms with Crippen molar-refractivity contribution in [1.29, 1.82) is 0 Å². The maximum Gasteiger partial charge on any atom is 0.441 e. The van der Waals surface area contributed by atoms with Crippen molar-refractivity contribution in [3.05, 3.63) is 5.53 Å². The Labute approximate surface area is 173 Å². The van der Waals surface area contributed by atoms with Gasteiger partial charge in [-0.15, -0.1) is 0 Å². The molecule has 0 saturated carbocycles. The highest BCUT2D eigenvalue weighted by Crippen LogP contribution is 2.57. The molecule has 3 aliphatic rings. The van der Waals surface area contributed by atoms with Crippen LogP contribution >= 0.6 is 0 Å². The summed E-state index contributed by atoms with van der Waals surface area (Å²) in [7, 11) is -4.28. The number of fused-ring (bicyclic) bond motifs is 6. The molecule has 29 heavy (non-hydrogen) atoms. The van der Waals surface area contributed by atoms with E-state index in [1.165, 1.54) is 0 Å². The van der Waals surface area contributed by atoms with Crippen LogP contribution in [0.15, 0.2) is 0 Å². The summed E-state index contributed by atoms with van der Waals surface area (Å²) >= 11 is 0. The zero-order valence-corrected chi connectivity index (χ0v) is 19.6. The normalized spacial score (nSPS) is 35.6. The molecular formula is C18H28N2O7SSi. The number of carbonyl (C=O) groups excluding carboxylic acids is 2. The molecule has 0 amide bonds. The highest BCUT2D eigenvalue weighted by molar-refractivity contribution is 7.85. The van der Waals surface area contributed by atoms with Crippen molar-refractivity contribution >= 4 is 36.8 Å². The first-order valence-electron chi connectivity index (χ1n) is 9.56. The Hall–Kier alpha value is -1.23. The average Bonchev–Trinajstić information content (AvgIpc) is 2.91. The van der Waals surface area contributed by atoms with E-state index in [4.69, 9.17) is 23.9 Å². The van der Waals surface area contributed by atoms with Crippen LogP contribution in [-0.2, 0) is 38.7 Å². The van der Waals surface area contributed by atoms with Gasteiger partial charge in [0.25, 0.3) is 0 Å². The largest absolute Gasteiger partial charge is 0.448 e. The molecule has 4 bridgehead atoms. The number of Topliss-reactive ketones (excluding diaryl/α,β-unsaturated/α-hetero) is 1. The Balaban J connectivity index is 2.03. The first-order valence-corrected chi connectivity index (χ1v) is 12.8. The summed E-state index contributed by atoms with van der Waals surface area (Å²) in [5.41, 5.74) is 7.53. The Morgan fingerprint density at radius 3 is 2.14 bits per heavy atom. The third kappa shape index (κ3) is 3.47. The van der Waals surface area contributed by atoms with Crippen LogP contribution in [0.1, 0.15) is 48.5 Å². The molecule has 3 saturated heterocycles. The van der Waals surface area contributed by atoms with Gasteiger partial charge in [0.15, 0.2) is 11.5 Å². The van der Waals surface area contributed by atoms with Crippen LogP contribution < -0.4 is 0 Å². The second-order valence-electron chi connectivity index (χ2n) is 9.75. The quantitative estimate of drug-likeness (QED) is 0.161. The van der Waals surface area contributed by atoms with E-state index >= 15 is 0 Å². The fourth-order valence-electron chi connectivity index (χ4n) is 4.56. The summed E-state index contributed by atoms with van der Waals surface area (Å²) in [5.74, 6) is -1.54. The molecule has 3 rings (SSSR count). The van der Waals surface area contributed by atoms with Crippen molar-refractivity contribution < 1.29 is 36.9 Å². The van der Waals surface area contributed by atoms with Gasteiger partial charge < -0.3 is 23.9 Å². The molecule has 3 fully saturated rings. The Bertz CT molecular complexity index is 798. The van der Waals surface area contributed by atoms with E-state index < -0.39 is 66.7 Å². The van der Waals surface area contributed by atoms with Crippen LogP contribution in [0.4, 0.5) is 0 Å². The van der Waals surface area contributed by atoms with Gasteiger partial charge in [0.1, 0.15) is 12.2 Å². The molecule has 1 unspecified atom stereocenters. The van der Waals surface area contributed by atoms with Gasteiger partial charge in [-0.1, -0.05) is 41.5 Å². The average molecular weight is 445 g/mol. The summed E-state index contributed by atoms with van der Waals surface area (Å²) < 4.78 is 37.3. The van der Waals surface area contributed by atoms with Crippen LogP contribution in [0.5, 0.6) is 0 Å². The van der Waals surface area contributed by atoms with Crippen molar-refractivity contribution in [3.8, 4) is 0 Å². The maximum absolute atomic E-state index is 12.6. The number of rotatable bonds is 3. The number of carbonyl (C=O) groups is 2. The summed E-state index contributed by atoms with van der Waals surface area (Å²) in [4.78, 5) is 26.7. The van der Waals surface area contributed by atoms with Gasteiger partial charge in [-0.05, 0) is 0 Å². The highest BCUT2D eigenvalue weighted by atomic mass is 32.2. The third-order valence-corrected chi connectivity index (χ3v) is 12.3. The Morgan fingerprint density at radius 1 is 1.10 bits per heavy atom. The molecular weight excluding hydrogens is 416 g/mol. The monoisotopic (exact) mass is 444 g/mol. The number of esters is 1. The van der Waals surface area contributed by atoms with E-state index in [0.29, 0.717) is 0 Å². The number of hydrogen-bond acceptors (Lipinski definition) is 7. The van der Waals surface area contributed by atoms with Gasteiger partial charge in [0.05, 0.1) is 22.7 Å². The van der Waals surface area contributed by atoms with Crippen LogP contribution in [0.3, 0.4) is 0 Å². The van der Waals surface area contributed by atoms with Crippen LogP contribution in [-0.4, -0.2) is 70.6 Å². The van der Waals surface area contributed by atoms with E-state index in [2.05, 4.69) is 46.3 Å². The minimum Gasteiger partial charge on any atom is -0.448 e. The van der Waals surface area contributed by atoms with Crippen molar-refractivity contribution in [2.75, 3.05) is 5.75 Å². The van der Waals surface area contributed by atoms with Crippen LogP contribution in [0.25, 0.3) is 5.53 Å². The molecule has 3 aliphatic heterocycles. The molecule has 0 N–H and O–H groups in total. The number of hydrogen-bond donors (Lipinski definition) is 0. The predicted octanol–water partition coefficient (Wildman–Crippen LogP) is 1.47. The lowest BCUT2D eigenvalue weighted by atomic mass is 10.0. The first kappa shape index (κ1) is 22.5. The fraction of sp³-hybridized carbons (Fsp3) is 0.833. The van der Waals surface area contributed by atoms with Crippen LogP contribution in [0.2, 0.25) is 10.1 Å². The predicted molar refractivity (Wildman–Crippen MR) is 106 cm³/mol. The van der Waals surface area contributed by atoms with Crippen molar-refractivity contribution in [2.24, 2.45) is 0 Å². The number of nitrogens with zero attached hydrogens (tertiary/aromatic N) is 2. The SMILES string of the molecule is CC(=O)C(=[N+]=[N-])C(=O)O[C@@H]1[C@H]2O[Si](C(C)(C)C)(C(C)(C)C)O[C@@H]1[C@H]1CS(=O)[C@@H]2O1. The van der Waals surface area contributed by atoms with E-state index in [-0.39, 0.29) is 15.8 Å². The van der Waals surface area contributed by atoms with E-state index in [9.17, 15) is 13.8 Å². The number of ether oxygens (including phenoxy) is 2. The molecule has 0 aromatic heterocycles. The molecule has 0 aliphatic carbocycles. The maximum atomic E-state index is 12.6. The summed E-state index contributed by atoms with van der Waals surface area (Å²) in [6.45, 7) is 13.4. The standard InChI is InChI=1S/C18H28N2O7SSi/c1-9(21)11(20-19)15(22)25-13-12-10-8-28(23)16(24-10)14(13)27-29(26-12,17(2,3)4)18(5,6)7/h10,12-14,16H,8H2,1-7H3/t10-,12-,13+,14-,16+,28?/m1/s1. The Morgan fingerprint density at radius 2 is 1.66 bits per heavy atom. The second kappa shape index (κ2) is 7.18. The molecule has 0 aromatic carbocycles. The summed E-state index contributed by atoms with van der Waals surface area (Å²) in [6, 6.07) is 0. The Kier molecular flexibility index (Phi) is 5.56. The molecule has 0 spiro atoms. The molecule has 11 heteroatoms. The number of ketones is 1. The smallest absolute Gasteiger partial charge is 0.441 e. The van der Waals surface area contributed by atoms with E-state index in [0.717, 1.165) is 6.92 Å². The van der Waals surface area contributed by atoms with E-state index in [1.807, 2.05) is 0 Å². The molecule has 6 atom stereocenters. The zero-order valence-electron chi connectivity index (χ0n) is 17.8. The lowest BCUT2D eigenvalue weighted by Crippen LogP contribution is -2.73. The van der Waals surface area contributed by atoms with Crippen molar-refractivity contribution in [3.63, 3.8) is 0 Å². The first-order chi connectivity index (χ1) is 13.2. The van der Waals surface area contributed by atoms with Gasteiger partial charge in [0, 0.05) is 17.0 Å². The lowest BCUT2D eigenvalue weighted by molar-refractivity contribution is -0.229. The minimum absolute atomic E-state index is 0.260. The zero-order chi connectivity index (χ0) is 21.9. The summed E-state index contributed by atoms with van der Waals surface area (Å²) in [5, 5.41) is -0.655. The van der Waals surface area contributed by atoms with Crippen molar-refractivity contribution in [1.82, 2.24) is 0 Å². The van der Waals surface area contributed by atoms with Gasteiger partial charge in [-0.25, -0.2) is 4.79 Å². The molecule has 0 aromatic rings. The lowest BCUT2D eigenvalue weighted by Gasteiger charge is -2.59. The fourth-order valence-corrected chi connectivity index (χ4v) is 11.2. The van der Waals surface area contributed by atoms with E-state index in [1.54, 1.807) is 0 Å². The molecule has 0 radical (unpaired) electrons. The van der Waals surface area contributed by atoms with Gasteiger partial charge in [0.2, 0.25) is 5.78 Å². The third-order valence-electron chi connectivity index (χ3n) is 5.63. The topological polar surface area (TPSA) is 125 Å². The highest BCUT2D eigenvalue weighted by Gasteiger charge is 2.70. The van der Waals surface area contributed by atoms with Gasteiger partial charge in [-0.3, -0.25) is 9.00 Å². The molecule has 162 valence electrons. The second-order valence-corrected chi connectivity index (χ2v) is 16.0. The summed E-state index contributed by atoms with van der Waals surface area (Å²) in [6.07, 6.45) is -2.91. The van der Waals surface area contributed by atoms with Crippen LogP contribution in [0, 0.1) is 0 Å². The van der Waals surface area contributed by atoms with Gasteiger partial charge >= 0.3 is 20.2 Å². The molecule has 9 nitrogen and oxygen atoms in total.